The second kappa shape index (κ2) is 11.7. The third-order valence-electron chi connectivity index (χ3n) is 7.52. The highest BCUT2D eigenvalue weighted by atomic mass is 32.5. The smallest absolute Gasteiger partial charge is 0.310 e. The number of nitriles is 1. The predicted molar refractivity (Wildman–Crippen MR) is 147 cm³/mol. The molecule has 2 fully saturated rings. The van der Waals surface area contributed by atoms with E-state index in [9.17, 15) is 34.3 Å². The molecule has 0 saturated carbocycles. The molecule has 1 aromatic heterocycles. The molecule has 0 aliphatic carbocycles. The second-order valence-electron chi connectivity index (χ2n) is 10.4. The summed E-state index contributed by atoms with van der Waals surface area (Å²) >= 11 is 0. The van der Waals surface area contributed by atoms with Gasteiger partial charge >= 0.3 is 10.2 Å². The van der Waals surface area contributed by atoms with Gasteiger partial charge in [-0.05, 0) is 56.1 Å². The summed E-state index contributed by atoms with van der Waals surface area (Å²) in [4.78, 5) is 31.9. The van der Waals surface area contributed by atoms with Crippen LogP contribution in [0.3, 0.4) is 0 Å². The second-order valence-corrected chi connectivity index (χ2v) is 12.9. The van der Waals surface area contributed by atoms with Gasteiger partial charge in [-0.2, -0.15) is 5.26 Å². The first kappa shape index (κ1) is 31.5. The number of hydrogen-bond acceptors (Lipinski definition) is 7. The summed E-state index contributed by atoms with van der Waals surface area (Å²) in [6.45, 7) is 1.20. The summed E-state index contributed by atoms with van der Waals surface area (Å²) in [6.07, 6.45) is 7.95. The van der Waals surface area contributed by atoms with E-state index in [1.54, 1.807) is 0 Å². The molecule has 15 heteroatoms. The fourth-order valence-electron chi connectivity index (χ4n) is 5.33. The third kappa shape index (κ3) is 7.47. The predicted octanol–water partition coefficient (Wildman–Crippen LogP) is 5.03. The maximum Gasteiger partial charge on any atom is 0.310 e. The van der Waals surface area contributed by atoms with Crippen LogP contribution >= 0.6 is 10.2 Å². The van der Waals surface area contributed by atoms with Crippen molar-refractivity contribution in [3.05, 3.63) is 54.4 Å². The number of ether oxygens (including phenoxy) is 1. The molecular formula is C27H33F5N6O3S. The standard InChI is InChI=1S/C27H33F5N6O3S/c1-41-22-15-24(37(17-22)18-33)27(40)38(21-7-9-23(10-8-21)42(28,29,30,31)32)25(19-5-4-12-34-16-19)26(39)36-14-11-20-6-2-3-13-35-20/h4-5,7-10,12,16,20,22,24-25,35H,2-3,6,11,13-15,17H2,1H3,(H,36,39)/t20?,22-,24-,25?/m1/s1. The molecule has 2 N–H and O–H groups in total. The lowest BCUT2D eigenvalue weighted by atomic mass is 10.0. The molecule has 1 aromatic carbocycles. The van der Waals surface area contributed by atoms with Gasteiger partial charge in [-0.1, -0.05) is 31.9 Å². The molecule has 2 saturated heterocycles. The number of likely N-dealkylation sites (tertiary alicyclic amines) is 1. The van der Waals surface area contributed by atoms with Gasteiger partial charge in [-0.15, -0.1) is 0 Å². The minimum absolute atomic E-state index is 0.0671. The Balaban J connectivity index is 1.74. The van der Waals surface area contributed by atoms with Gasteiger partial charge in [0, 0.05) is 49.8 Å². The Bertz CT molecular complexity index is 1310. The molecule has 3 heterocycles. The Morgan fingerprint density at radius 3 is 2.52 bits per heavy atom. The number of methoxy groups -OCH3 is 1. The summed E-state index contributed by atoms with van der Waals surface area (Å²) in [5, 5.41) is 15.9. The fourth-order valence-corrected chi connectivity index (χ4v) is 5.98. The van der Waals surface area contributed by atoms with Gasteiger partial charge in [0.1, 0.15) is 17.0 Å². The minimum atomic E-state index is -10.0. The van der Waals surface area contributed by atoms with E-state index in [-0.39, 0.29) is 48.9 Å². The fraction of sp³-hybridized carbons (Fsp3) is 0.481. The largest absolute Gasteiger partial charge is 0.379 e. The molecule has 0 radical (unpaired) electrons. The van der Waals surface area contributed by atoms with Crippen LogP contribution in [-0.2, 0) is 14.3 Å². The van der Waals surface area contributed by atoms with Crippen LogP contribution in [0.15, 0.2) is 53.7 Å². The van der Waals surface area contributed by atoms with Crippen LogP contribution < -0.4 is 15.5 Å². The highest BCUT2D eigenvalue weighted by Gasteiger charge is 2.65. The summed E-state index contributed by atoms with van der Waals surface area (Å²) in [7, 11) is -8.60. The van der Waals surface area contributed by atoms with Crippen LogP contribution in [-0.4, -0.2) is 66.6 Å². The van der Waals surface area contributed by atoms with Crippen molar-refractivity contribution in [2.75, 3.05) is 31.6 Å². The van der Waals surface area contributed by atoms with Gasteiger partial charge in [-0.25, -0.2) is 0 Å². The Morgan fingerprint density at radius 1 is 1.21 bits per heavy atom. The SMILES string of the molecule is CO[C@@H]1C[C@H](C(=O)N(c2ccc(S(F)(F)(F)(F)F)cc2)C(C(=O)NCCC2CCCCN2)c2cccnc2)N(C#N)C1. The van der Waals surface area contributed by atoms with E-state index >= 15 is 0 Å². The maximum absolute atomic E-state index is 14.1. The Morgan fingerprint density at radius 2 is 1.95 bits per heavy atom. The van der Waals surface area contributed by atoms with Gasteiger partial charge < -0.3 is 15.4 Å². The van der Waals surface area contributed by atoms with E-state index in [0.717, 1.165) is 42.8 Å². The van der Waals surface area contributed by atoms with E-state index in [1.807, 2.05) is 6.19 Å². The normalized spacial score (nSPS) is 23.3. The molecule has 2 amide bonds. The number of amides is 2. The lowest BCUT2D eigenvalue weighted by molar-refractivity contribution is -0.128. The van der Waals surface area contributed by atoms with Gasteiger partial charge in [0.15, 0.2) is 6.19 Å². The number of halogens is 5. The van der Waals surface area contributed by atoms with E-state index in [4.69, 9.17) is 4.74 Å². The highest BCUT2D eigenvalue weighted by molar-refractivity contribution is 8.45. The van der Waals surface area contributed by atoms with Crippen molar-refractivity contribution in [2.24, 2.45) is 0 Å². The number of hydrogen-bond donors (Lipinski definition) is 2. The molecule has 4 atom stereocenters. The van der Waals surface area contributed by atoms with Crippen LogP contribution in [0.25, 0.3) is 0 Å². The summed E-state index contributed by atoms with van der Waals surface area (Å²) in [5.74, 6) is -1.43. The van der Waals surface area contributed by atoms with Crippen molar-refractivity contribution in [3.63, 3.8) is 0 Å². The number of rotatable bonds is 10. The van der Waals surface area contributed by atoms with Crippen LogP contribution in [0.1, 0.15) is 43.7 Å². The van der Waals surface area contributed by atoms with Crippen molar-refractivity contribution in [2.45, 2.75) is 61.2 Å². The number of benzene rings is 1. The third-order valence-corrected chi connectivity index (χ3v) is 8.68. The summed E-state index contributed by atoms with van der Waals surface area (Å²) in [5.41, 5.74) is 0.00281. The van der Waals surface area contributed by atoms with Crippen LogP contribution in [0.2, 0.25) is 0 Å². The van der Waals surface area contributed by atoms with Gasteiger partial charge in [0.25, 0.3) is 5.91 Å². The molecule has 2 unspecified atom stereocenters. The average molecular weight is 617 g/mol. The van der Waals surface area contributed by atoms with Crippen molar-refractivity contribution in [1.29, 1.82) is 5.26 Å². The summed E-state index contributed by atoms with van der Waals surface area (Å²) in [6, 6.07) is 2.55. The molecule has 230 valence electrons. The number of aromatic nitrogens is 1. The lowest BCUT2D eigenvalue weighted by Crippen LogP contribution is -2.50. The van der Waals surface area contributed by atoms with Crippen molar-refractivity contribution < 1.29 is 33.8 Å². The molecule has 2 aromatic rings. The quantitative estimate of drug-likeness (QED) is 0.285. The molecular weight excluding hydrogens is 583 g/mol. The Labute approximate surface area is 240 Å². The molecule has 9 nitrogen and oxygen atoms in total. The highest BCUT2D eigenvalue weighted by Crippen LogP contribution is 3.02. The lowest BCUT2D eigenvalue weighted by Gasteiger charge is -2.41. The van der Waals surface area contributed by atoms with E-state index in [0.29, 0.717) is 6.42 Å². The van der Waals surface area contributed by atoms with Crippen LogP contribution in [0.5, 0.6) is 0 Å². The molecule has 2 aliphatic heterocycles. The maximum atomic E-state index is 14.1. The zero-order chi connectivity index (χ0) is 30.6. The number of carbonyl (C=O) groups is 2. The van der Waals surface area contributed by atoms with Gasteiger partial charge in [0.05, 0.1) is 12.6 Å². The number of carbonyl (C=O) groups excluding carboxylic acids is 2. The molecule has 0 spiro atoms. The first-order chi connectivity index (χ1) is 19.7. The number of nitrogens with one attached hydrogen (secondary N) is 2. The van der Waals surface area contributed by atoms with Crippen LogP contribution in [0.4, 0.5) is 25.1 Å². The van der Waals surface area contributed by atoms with E-state index < -0.39 is 45.1 Å². The Hall–Kier alpha value is -3.48. The number of anilines is 1. The van der Waals surface area contributed by atoms with Gasteiger partial charge in [-0.3, -0.25) is 24.4 Å². The van der Waals surface area contributed by atoms with Crippen LogP contribution in [0, 0.1) is 11.5 Å². The van der Waals surface area contributed by atoms with Gasteiger partial charge in [0.2, 0.25) is 5.91 Å². The zero-order valence-electron chi connectivity index (χ0n) is 22.9. The summed E-state index contributed by atoms with van der Waals surface area (Å²) < 4.78 is 72.8. The van der Waals surface area contributed by atoms with Crippen molar-refractivity contribution in [3.8, 4) is 6.19 Å². The van der Waals surface area contributed by atoms with E-state index in [1.165, 1.54) is 36.5 Å². The zero-order valence-corrected chi connectivity index (χ0v) is 23.7. The van der Waals surface area contributed by atoms with Crippen molar-refractivity contribution >= 4 is 27.7 Å². The number of pyridine rings is 1. The number of piperidine rings is 1. The van der Waals surface area contributed by atoms with Crippen molar-refractivity contribution in [1.82, 2.24) is 20.5 Å². The molecule has 2 aliphatic rings. The average Bonchev–Trinajstić information content (AvgIpc) is 3.39. The Kier molecular flexibility index (Phi) is 8.73. The van der Waals surface area contributed by atoms with E-state index in [2.05, 4.69) is 15.6 Å². The topological polar surface area (TPSA) is 111 Å². The molecule has 4 rings (SSSR count). The molecule has 42 heavy (non-hydrogen) atoms. The molecule has 0 bridgehead atoms. The minimum Gasteiger partial charge on any atom is -0.379 e. The first-order valence-electron chi connectivity index (χ1n) is 13.5. The number of nitrogens with zero attached hydrogens (tertiary/aromatic N) is 4. The first-order valence-corrected chi connectivity index (χ1v) is 15.4. The monoisotopic (exact) mass is 616 g/mol.